The minimum Gasteiger partial charge on any atom is -0.496 e. The maximum absolute atomic E-state index is 13.8. The highest BCUT2D eigenvalue weighted by Crippen LogP contribution is 2.29. The van der Waals surface area contributed by atoms with Gasteiger partial charge in [-0.05, 0) is 60.7 Å². The van der Waals surface area contributed by atoms with Gasteiger partial charge in [-0.15, -0.1) is 0 Å². The van der Waals surface area contributed by atoms with Gasteiger partial charge < -0.3 is 14.2 Å². The molecule has 3 aromatic rings. The van der Waals surface area contributed by atoms with Gasteiger partial charge >= 0.3 is 5.97 Å². The molecule has 3 rings (SSSR count). The Labute approximate surface area is 183 Å². The lowest BCUT2D eigenvalue weighted by atomic mass is 10.1. The molecule has 0 radical (unpaired) electrons. The van der Waals surface area contributed by atoms with Crippen molar-refractivity contribution in [3.05, 3.63) is 94.3 Å². The summed E-state index contributed by atoms with van der Waals surface area (Å²) < 4.78 is 29.6. The fourth-order valence-corrected chi connectivity index (χ4v) is 3.05. The van der Waals surface area contributed by atoms with E-state index >= 15 is 0 Å². The first-order valence-electron chi connectivity index (χ1n) is 9.14. The summed E-state index contributed by atoms with van der Waals surface area (Å²) in [5.41, 5.74) is 0.615. The average molecular weight is 441 g/mol. The quantitative estimate of drug-likeness (QED) is 0.207. The van der Waals surface area contributed by atoms with E-state index in [1.807, 2.05) is 0 Å². The van der Waals surface area contributed by atoms with E-state index in [0.29, 0.717) is 17.1 Å². The smallest absolute Gasteiger partial charge is 0.351 e. The molecule has 0 aromatic heterocycles. The summed E-state index contributed by atoms with van der Waals surface area (Å²) in [5, 5.41) is 0.207. The summed E-state index contributed by atoms with van der Waals surface area (Å²) in [5.74, 6) is -0.687. The number of esters is 1. The number of ketones is 1. The molecular weight excluding hydrogens is 423 g/mol. The third kappa shape index (κ3) is 5.10. The lowest BCUT2D eigenvalue weighted by Gasteiger charge is -2.12. The van der Waals surface area contributed by atoms with Crippen LogP contribution in [0.4, 0.5) is 4.39 Å². The van der Waals surface area contributed by atoms with Crippen molar-refractivity contribution in [1.82, 2.24) is 0 Å². The summed E-state index contributed by atoms with van der Waals surface area (Å²) in [4.78, 5) is 25.0. The fourth-order valence-electron chi connectivity index (χ4n) is 2.82. The van der Waals surface area contributed by atoms with Gasteiger partial charge in [0.15, 0.2) is 5.78 Å². The lowest BCUT2D eigenvalue weighted by Crippen LogP contribution is -2.12. The van der Waals surface area contributed by atoms with Gasteiger partial charge in [0.05, 0.1) is 19.2 Å². The number of halogens is 2. The number of allylic oxidation sites excluding steroid dienone is 1. The number of methoxy groups -OCH3 is 2. The Morgan fingerprint density at radius 2 is 1.52 bits per heavy atom. The van der Waals surface area contributed by atoms with Gasteiger partial charge in [0, 0.05) is 11.1 Å². The molecule has 158 valence electrons. The van der Waals surface area contributed by atoms with Crippen molar-refractivity contribution in [3.63, 3.8) is 0 Å². The van der Waals surface area contributed by atoms with Crippen LogP contribution in [0.25, 0.3) is 6.08 Å². The molecule has 0 N–H and O–H groups in total. The minimum atomic E-state index is -0.664. The van der Waals surface area contributed by atoms with Crippen LogP contribution in [0, 0.1) is 5.82 Å². The summed E-state index contributed by atoms with van der Waals surface area (Å²) in [6.07, 6.45) is 2.55. The third-order valence-corrected chi connectivity index (χ3v) is 4.71. The molecule has 0 saturated carbocycles. The lowest BCUT2D eigenvalue weighted by molar-refractivity contribution is 0.0727. The Morgan fingerprint density at radius 3 is 2.10 bits per heavy atom. The predicted molar refractivity (Wildman–Crippen MR) is 116 cm³/mol. The Bertz CT molecular complexity index is 1100. The molecule has 0 spiro atoms. The van der Waals surface area contributed by atoms with Crippen molar-refractivity contribution in [2.24, 2.45) is 0 Å². The van der Waals surface area contributed by atoms with Crippen molar-refractivity contribution in [2.75, 3.05) is 14.2 Å². The van der Waals surface area contributed by atoms with Gasteiger partial charge in [0.25, 0.3) is 0 Å². The van der Waals surface area contributed by atoms with E-state index < -0.39 is 11.8 Å². The molecule has 7 heteroatoms. The number of rotatable bonds is 7. The second kappa shape index (κ2) is 9.91. The second-order valence-electron chi connectivity index (χ2n) is 6.28. The van der Waals surface area contributed by atoms with Crippen LogP contribution in [0.1, 0.15) is 26.3 Å². The molecular formula is C24H18ClFO5. The van der Waals surface area contributed by atoms with E-state index in [1.165, 1.54) is 68.8 Å². The molecule has 0 aliphatic rings. The standard InChI is InChI=1S/C24H18ClFO5/c1-29-21-7-4-8-22(30-2)23(21)24(28)31-16-11-9-15(10-12-16)20(27)14-13-17-18(25)5-3-6-19(17)26/h3-14H,1-2H3/b14-13+. The molecule has 31 heavy (non-hydrogen) atoms. The number of benzene rings is 3. The average Bonchev–Trinajstić information content (AvgIpc) is 2.78. The number of hydrogen-bond acceptors (Lipinski definition) is 5. The van der Waals surface area contributed by atoms with Crippen LogP contribution in [0.5, 0.6) is 17.2 Å². The molecule has 0 atom stereocenters. The van der Waals surface area contributed by atoms with Gasteiger partial charge in [-0.1, -0.05) is 23.7 Å². The minimum absolute atomic E-state index is 0.133. The maximum atomic E-state index is 13.8. The van der Waals surface area contributed by atoms with Crippen molar-refractivity contribution >= 4 is 29.4 Å². The molecule has 3 aromatic carbocycles. The molecule has 0 aliphatic heterocycles. The third-order valence-electron chi connectivity index (χ3n) is 4.38. The molecule has 0 amide bonds. The van der Waals surface area contributed by atoms with Gasteiger partial charge in [0.2, 0.25) is 0 Å². The molecule has 0 aliphatic carbocycles. The Morgan fingerprint density at radius 1 is 0.903 bits per heavy atom. The van der Waals surface area contributed by atoms with Crippen LogP contribution in [0.15, 0.2) is 66.7 Å². The van der Waals surface area contributed by atoms with Gasteiger partial charge in [-0.2, -0.15) is 0 Å². The monoisotopic (exact) mass is 440 g/mol. The van der Waals surface area contributed by atoms with Gasteiger partial charge in [0.1, 0.15) is 28.6 Å². The number of hydrogen-bond donors (Lipinski definition) is 0. The zero-order chi connectivity index (χ0) is 22.4. The van der Waals surface area contributed by atoms with E-state index in [-0.39, 0.29) is 27.7 Å². The van der Waals surface area contributed by atoms with Crippen LogP contribution < -0.4 is 14.2 Å². The SMILES string of the molecule is COc1cccc(OC)c1C(=O)Oc1ccc(C(=O)/C=C/c2c(F)cccc2Cl)cc1. The summed E-state index contributed by atoms with van der Waals surface area (Å²) >= 11 is 5.95. The molecule has 0 fully saturated rings. The number of carbonyl (C=O) groups excluding carboxylic acids is 2. The molecule has 0 saturated heterocycles. The van der Waals surface area contributed by atoms with Crippen molar-refractivity contribution < 1.29 is 28.2 Å². The van der Waals surface area contributed by atoms with E-state index in [2.05, 4.69) is 0 Å². The normalized spacial score (nSPS) is 10.7. The highest BCUT2D eigenvalue weighted by molar-refractivity contribution is 6.32. The predicted octanol–water partition coefficient (Wildman–Crippen LogP) is 5.61. The van der Waals surface area contributed by atoms with E-state index in [9.17, 15) is 14.0 Å². The summed E-state index contributed by atoms with van der Waals surface area (Å²) in [6, 6.07) is 15.2. The van der Waals surface area contributed by atoms with E-state index in [1.54, 1.807) is 18.2 Å². The van der Waals surface area contributed by atoms with Crippen molar-refractivity contribution in [1.29, 1.82) is 0 Å². The highest BCUT2D eigenvalue weighted by atomic mass is 35.5. The Hall–Kier alpha value is -3.64. The zero-order valence-electron chi connectivity index (χ0n) is 16.7. The number of ether oxygens (including phenoxy) is 3. The summed E-state index contributed by atoms with van der Waals surface area (Å²) in [6.45, 7) is 0. The van der Waals surface area contributed by atoms with Crippen LogP contribution in [0.2, 0.25) is 5.02 Å². The first-order valence-corrected chi connectivity index (χ1v) is 9.52. The van der Waals surface area contributed by atoms with Crippen LogP contribution in [-0.2, 0) is 0 Å². The summed E-state index contributed by atoms with van der Waals surface area (Å²) in [7, 11) is 2.88. The maximum Gasteiger partial charge on any atom is 0.351 e. The zero-order valence-corrected chi connectivity index (χ0v) is 17.5. The van der Waals surface area contributed by atoms with E-state index in [4.69, 9.17) is 25.8 Å². The largest absolute Gasteiger partial charge is 0.496 e. The molecule has 0 heterocycles. The molecule has 0 bridgehead atoms. The van der Waals surface area contributed by atoms with E-state index in [0.717, 1.165) is 0 Å². The first-order chi connectivity index (χ1) is 14.9. The first kappa shape index (κ1) is 22.1. The number of carbonyl (C=O) groups is 2. The fraction of sp³-hybridized carbons (Fsp3) is 0.0833. The Balaban J connectivity index is 1.74. The van der Waals surface area contributed by atoms with Crippen LogP contribution in [0.3, 0.4) is 0 Å². The Kier molecular flexibility index (Phi) is 7.05. The van der Waals surface area contributed by atoms with Gasteiger partial charge in [-0.25, -0.2) is 9.18 Å². The topological polar surface area (TPSA) is 61.8 Å². The van der Waals surface area contributed by atoms with Gasteiger partial charge in [-0.3, -0.25) is 4.79 Å². The second-order valence-corrected chi connectivity index (χ2v) is 6.69. The molecule has 5 nitrogen and oxygen atoms in total. The highest BCUT2D eigenvalue weighted by Gasteiger charge is 2.20. The van der Waals surface area contributed by atoms with Crippen molar-refractivity contribution in [3.8, 4) is 17.2 Å². The van der Waals surface area contributed by atoms with Crippen LogP contribution >= 0.6 is 11.6 Å². The van der Waals surface area contributed by atoms with Crippen LogP contribution in [-0.4, -0.2) is 26.0 Å². The molecule has 0 unspecified atom stereocenters. The van der Waals surface area contributed by atoms with Crippen molar-refractivity contribution in [2.45, 2.75) is 0 Å².